The summed E-state index contributed by atoms with van der Waals surface area (Å²) in [6, 6.07) is 5.25. The van der Waals surface area contributed by atoms with Crippen molar-refractivity contribution in [2.24, 2.45) is 0 Å². The average Bonchev–Trinajstić information content (AvgIpc) is 2.64. The van der Waals surface area contributed by atoms with E-state index in [4.69, 9.17) is 16.7 Å². The van der Waals surface area contributed by atoms with Gasteiger partial charge in [0.05, 0.1) is 11.3 Å². The van der Waals surface area contributed by atoms with Gasteiger partial charge in [-0.15, -0.1) is 0 Å². The summed E-state index contributed by atoms with van der Waals surface area (Å²) in [7, 11) is 0. The minimum atomic E-state index is -1.18. The van der Waals surface area contributed by atoms with Crippen LogP contribution >= 0.6 is 11.6 Å². The third kappa shape index (κ3) is 2.23. The molecule has 3 rings (SSSR count). The van der Waals surface area contributed by atoms with E-state index in [-0.39, 0.29) is 12.1 Å². The first-order valence-electron chi connectivity index (χ1n) is 6.22. The standard InChI is InChI=1S/C14H11ClN2O4/c15-7-1-2-11-9(5-7)8-3-4-17(14(20)21)6-10(13(18)19)12(8)16-11/h1-2,5-6,16H,3-4H2,(H,18,19)(H,20,21). The van der Waals surface area contributed by atoms with E-state index in [1.165, 1.54) is 0 Å². The molecule has 6 nitrogen and oxygen atoms in total. The first kappa shape index (κ1) is 13.5. The summed E-state index contributed by atoms with van der Waals surface area (Å²) < 4.78 is 0. The molecule has 1 aromatic carbocycles. The molecule has 0 saturated carbocycles. The van der Waals surface area contributed by atoms with Crippen molar-refractivity contribution < 1.29 is 19.8 Å². The van der Waals surface area contributed by atoms with Crippen LogP contribution in [0.1, 0.15) is 11.3 Å². The van der Waals surface area contributed by atoms with Gasteiger partial charge in [0.25, 0.3) is 0 Å². The number of carbonyl (C=O) groups is 2. The minimum absolute atomic E-state index is 0.0720. The number of aliphatic carboxylic acids is 1. The fourth-order valence-corrected chi connectivity index (χ4v) is 2.71. The number of nitrogens with zero attached hydrogens (tertiary/aromatic N) is 1. The Balaban J connectivity index is 2.24. The molecule has 108 valence electrons. The normalized spacial score (nSPS) is 14.5. The SMILES string of the molecule is O=C(O)C1=CN(C(=O)O)CCc2c1[nH]c1ccc(Cl)cc21. The summed E-state index contributed by atoms with van der Waals surface area (Å²) in [6.45, 7) is 0.193. The molecule has 0 atom stereocenters. The second-order valence-electron chi connectivity index (χ2n) is 4.74. The predicted octanol–water partition coefficient (Wildman–Crippen LogP) is 2.78. The largest absolute Gasteiger partial charge is 0.478 e. The number of hydrogen-bond acceptors (Lipinski definition) is 2. The summed E-state index contributed by atoms with van der Waals surface area (Å²) in [5.74, 6) is -1.18. The number of aromatic amines is 1. The number of hydrogen-bond donors (Lipinski definition) is 3. The highest BCUT2D eigenvalue weighted by Gasteiger charge is 2.25. The van der Waals surface area contributed by atoms with Gasteiger partial charge in [0.1, 0.15) is 0 Å². The third-order valence-corrected chi connectivity index (χ3v) is 3.74. The Morgan fingerprint density at radius 3 is 2.71 bits per heavy atom. The zero-order valence-corrected chi connectivity index (χ0v) is 11.5. The lowest BCUT2D eigenvalue weighted by molar-refractivity contribution is -0.130. The number of amides is 1. The lowest BCUT2D eigenvalue weighted by Gasteiger charge is -2.12. The Labute approximate surface area is 124 Å². The number of aromatic nitrogens is 1. The maximum absolute atomic E-state index is 11.4. The number of carboxylic acid groups (broad SMARTS) is 2. The molecule has 1 amide bonds. The summed E-state index contributed by atoms with van der Waals surface area (Å²) in [5.41, 5.74) is 1.91. The van der Waals surface area contributed by atoms with Crippen molar-refractivity contribution in [3.8, 4) is 0 Å². The number of nitrogens with one attached hydrogen (secondary N) is 1. The molecule has 0 fully saturated rings. The number of H-pyrrole nitrogens is 1. The molecule has 1 aliphatic rings. The average molecular weight is 307 g/mol. The van der Waals surface area contributed by atoms with Crippen LogP contribution in [0.5, 0.6) is 0 Å². The first-order valence-corrected chi connectivity index (χ1v) is 6.60. The van der Waals surface area contributed by atoms with E-state index < -0.39 is 12.1 Å². The van der Waals surface area contributed by atoms with E-state index >= 15 is 0 Å². The van der Waals surface area contributed by atoms with Crippen molar-refractivity contribution >= 4 is 40.1 Å². The third-order valence-electron chi connectivity index (χ3n) is 3.50. The topological polar surface area (TPSA) is 93.6 Å². The van der Waals surface area contributed by atoms with Crippen molar-refractivity contribution in [2.75, 3.05) is 6.54 Å². The van der Waals surface area contributed by atoms with E-state index in [0.717, 1.165) is 27.6 Å². The maximum Gasteiger partial charge on any atom is 0.411 e. The Morgan fingerprint density at radius 1 is 1.29 bits per heavy atom. The van der Waals surface area contributed by atoms with E-state index in [1.54, 1.807) is 18.2 Å². The molecular formula is C14H11ClN2O4. The number of halogens is 1. The molecule has 2 aromatic rings. The van der Waals surface area contributed by atoms with Gasteiger partial charge in [-0.1, -0.05) is 11.6 Å². The molecule has 0 radical (unpaired) electrons. The van der Waals surface area contributed by atoms with Crippen molar-refractivity contribution in [1.82, 2.24) is 9.88 Å². The van der Waals surface area contributed by atoms with Crippen LogP contribution in [-0.2, 0) is 11.2 Å². The Kier molecular flexibility index (Phi) is 3.10. The number of fused-ring (bicyclic) bond motifs is 3. The molecule has 0 bridgehead atoms. The molecule has 2 heterocycles. The molecule has 1 aromatic heterocycles. The summed E-state index contributed by atoms with van der Waals surface area (Å²) >= 11 is 5.99. The number of carboxylic acids is 1. The molecule has 0 aliphatic carbocycles. The van der Waals surface area contributed by atoms with Gasteiger partial charge in [0.2, 0.25) is 0 Å². The van der Waals surface area contributed by atoms with Crippen LogP contribution in [-0.4, -0.2) is 38.7 Å². The molecule has 0 saturated heterocycles. The Hall–Kier alpha value is -2.47. The number of benzene rings is 1. The van der Waals surface area contributed by atoms with Gasteiger partial charge in [0, 0.05) is 28.7 Å². The molecule has 0 spiro atoms. The fourth-order valence-electron chi connectivity index (χ4n) is 2.54. The monoisotopic (exact) mass is 306 g/mol. The van der Waals surface area contributed by atoms with Gasteiger partial charge >= 0.3 is 12.1 Å². The molecule has 21 heavy (non-hydrogen) atoms. The van der Waals surface area contributed by atoms with Gasteiger partial charge in [-0.3, -0.25) is 4.90 Å². The Bertz CT molecular complexity index is 794. The lowest BCUT2D eigenvalue weighted by atomic mass is 10.0. The second-order valence-corrected chi connectivity index (χ2v) is 5.18. The van der Waals surface area contributed by atoms with Crippen molar-refractivity contribution in [2.45, 2.75) is 6.42 Å². The van der Waals surface area contributed by atoms with Crippen LogP contribution in [0.25, 0.3) is 16.5 Å². The van der Waals surface area contributed by atoms with E-state index in [0.29, 0.717) is 17.1 Å². The van der Waals surface area contributed by atoms with Gasteiger partial charge in [0.15, 0.2) is 0 Å². The van der Waals surface area contributed by atoms with E-state index in [9.17, 15) is 14.7 Å². The molecule has 7 heteroatoms. The van der Waals surface area contributed by atoms with Gasteiger partial charge in [-0.05, 0) is 30.2 Å². The zero-order valence-electron chi connectivity index (χ0n) is 10.8. The van der Waals surface area contributed by atoms with Gasteiger partial charge in [-0.2, -0.15) is 0 Å². The summed E-state index contributed by atoms with van der Waals surface area (Å²) in [6.07, 6.45) is 0.379. The van der Waals surface area contributed by atoms with E-state index in [2.05, 4.69) is 4.98 Å². The van der Waals surface area contributed by atoms with Crippen molar-refractivity contribution in [3.63, 3.8) is 0 Å². The smallest absolute Gasteiger partial charge is 0.411 e. The molecule has 3 N–H and O–H groups in total. The highest BCUT2D eigenvalue weighted by atomic mass is 35.5. The maximum atomic E-state index is 11.4. The summed E-state index contributed by atoms with van der Waals surface area (Å²) in [5, 5.41) is 19.8. The second kappa shape index (κ2) is 4.82. The van der Waals surface area contributed by atoms with E-state index in [1.807, 2.05) is 0 Å². The summed E-state index contributed by atoms with van der Waals surface area (Å²) in [4.78, 5) is 26.6. The molecular weight excluding hydrogens is 296 g/mol. The van der Waals surface area contributed by atoms with Crippen LogP contribution in [0.4, 0.5) is 4.79 Å². The highest BCUT2D eigenvalue weighted by molar-refractivity contribution is 6.31. The molecule has 1 aliphatic heterocycles. The van der Waals surface area contributed by atoms with Crippen LogP contribution in [0.3, 0.4) is 0 Å². The molecule has 0 unspecified atom stereocenters. The lowest BCUT2D eigenvalue weighted by Crippen LogP contribution is -2.25. The first-order chi connectivity index (χ1) is 9.97. The van der Waals surface area contributed by atoms with Crippen LogP contribution in [0, 0.1) is 0 Å². The van der Waals surface area contributed by atoms with Gasteiger partial charge < -0.3 is 15.2 Å². The Morgan fingerprint density at radius 2 is 2.05 bits per heavy atom. The quantitative estimate of drug-likeness (QED) is 0.755. The fraction of sp³-hybridized carbons (Fsp3) is 0.143. The van der Waals surface area contributed by atoms with Crippen LogP contribution < -0.4 is 0 Å². The highest BCUT2D eigenvalue weighted by Crippen LogP contribution is 2.32. The van der Waals surface area contributed by atoms with Gasteiger partial charge in [-0.25, -0.2) is 9.59 Å². The minimum Gasteiger partial charge on any atom is -0.478 e. The zero-order chi connectivity index (χ0) is 15.1. The van der Waals surface area contributed by atoms with Crippen molar-refractivity contribution in [3.05, 3.63) is 40.7 Å². The number of rotatable bonds is 1. The predicted molar refractivity (Wildman–Crippen MR) is 77.4 cm³/mol. The van der Waals surface area contributed by atoms with Crippen LogP contribution in [0.15, 0.2) is 24.4 Å². The van der Waals surface area contributed by atoms with Crippen LogP contribution in [0.2, 0.25) is 5.02 Å². The van der Waals surface area contributed by atoms with Crippen molar-refractivity contribution in [1.29, 1.82) is 0 Å².